The zero-order valence-corrected chi connectivity index (χ0v) is 17.7. The SMILES string of the molecule is C[C@@H](NC(=O)c1ccc(NC(=O)OCC2c3ccccc3-c3ccccc32)c(F)c1)C(=O)O. The molecule has 2 amide bonds. The van der Waals surface area contributed by atoms with Crippen LogP contribution < -0.4 is 10.6 Å². The maximum Gasteiger partial charge on any atom is 0.411 e. The fourth-order valence-electron chi connectivity index (χ4n) is 3.84. The summed E-state index contributed by atoms with van der Waals surface area (Å²) in [4.78, 5) is 35.2. The van der Waals surface area contributed by atoms with E-state index in [9.17, 15) is 18.8 Å². The highest BCUT2D eigenvalue weighted by molar-refractivity contribution is 5.97. The smallest absolute Gasteiger partial charge is 0.411 e. The number of carboxylic acids is 1. The van der Waals surface area contributed by atoms with Gasteiger partial charge >= 0.3 is 12.1 Å². The van der Waals surface area contributed by atoms with E-state index in [1.165, 1.54) is 19.1 Å². The van der Waals surface area contributed by atoms with Crippen molar-refractivity contribution in [2.75, 3.05) is 11.9 Å². The van der Waals surface area contributed by atoms with Gasteiger partial charge in [0.05, 0.1) is 5.69 Å². The van der Waals surface area contributed by atoms with Crippen LogP contribution in [0.25, 0.3) is 11.1 Å². The number of fused-ring (bicyclic) bond motifs is 3. The Hall–Kier alpha value is -4.20. The van der Waals surface area contributed by atoms with E-state index in [0.717, 1.165) is 28.3 Å². The van der Waals surface area contributed by atoms with Crippen LogP contribution in [0.2, 0.25) is 0 Å². The van der Waals surface area contributed by atoms with E-state index < -0.39 is 29.8 Å². The van der Waals surface area contributed by atoms with Crippen molar-refractivity contribution < 1.29 is 28.6 Å². The number of carbonyl (C=O) groups excluding carboxylic acids is 2. The van der Waals surface area contributed by atoms with Crippen LogP contribution in [0.4, 0.5) is 14.9 Å². The van der Waals surface area contributed by atoms with Crippen LogP contribution in [0.5, 0.6) is 0 Å². The summed E-state index contributed by atoms with van der Waals surface area (Å²) in [5.41, 5.74) is 4.08. The number of amides is 2. The molecular formula is C25H21FN2O5. The number of hydrogen-bond donors (Lipinski definition) is 3. The van der Waals surface area contributed by atoms with Crippen LogP contribution >= 0.6 is 0 Å². The summed E-state index contributed by atoms with van der Waals surface area (Å²) in [6.45, 7) is 1.37. The minimum absolute atomic E-state index is 0.0707. The second kappa shape index (κ2) is 9.12. The minimum Gasteiger partial charge on any atom is -0.480 e. The monoisotopic (exact) mass is 448 g/mol. The lowest BCUT2D eigenvalue weighted by atomic mass is 9.98. The number of anilines is 1. The molecule has 33 heavy (non-hydrogen) atoms. The lowest BCUT2D eigenvalue weighted by molar-refractivity contribution is -0.138. The molecule has 0 bridgehead atoms. The topological polar surface area (TPSA) is 105 Å². The van der Waals surface area contributed by atoms with Crippen molar-refractivity contribution in [2.24, 2.45) is 0 Å². The Kier molecular flexibility index (Phi) is 6.08. The van der Waals surface area contributed by atoms with Gasteiger partial charge in [0.2, 0.25) is 0 Å². The molecule has 0 aromatic heterocycles. The van der Waals surface area contributed by atoms with Crippen LogP contribution in [-0.4, -0.2) is 35.7 Å². The Morgan fingerprint density at radius 1 is 1.00 bits per heavy atom. The fraction of sp³-hybridized carbons (Fsp3) is 0.160. The van der Waals surface area contributed by atoms with E-state index in [1.54, 1.807) is 0 Å². The van der Waals surface area contributed by atoms with Crippen molar-refractivity contribution in [1.82, 2.24) is 5.32 Å². The van der Waals surface area contributed by atoms with Crippen molar-refractivity contribution in [3.05, 3.63) is 89.2 Å². The molecule has 1 aliphatic carbocycles. The van der Waals surface area contributed by atoms with Crippen LogP contribution in [-0.2, 0) is 9.53 Å². The van der Waals surface area contributed by atoms with E-state index >= 15 is 0 Å². The van der Waals surface area contributed by atoms with Gasteiger partial charge in [-0.05, 0) is 47.4 Å². The Morgan fingerprint density at radius 3 is 2.18 bits per heavy atom. The largest absolute Gasteiger partial charge is 0.480 e. The molecule has 1 aliphatic rings. The Morgan fingerprint density at radius 2 is 1.61 bits per heavy atom. The van der Waals surface area contributed by atoms with Crippen LogP contribution in [0.15, 0.2) is 66.7 Å². The van der Waals surface area contributed by atoms with Crippen LogP contribution in [0.1, 0.15) is 34.3 Å². The molecule has 0 unspecified atom stereocenters. The van der Waals surface area contributed by atoms with Gasteiger partial charge in [0, 0.05) is 11.5 Å². The van der Waals surface area contributed by atoms with Crippen molar-refractivity contribution in [2.45, 2.75) is 18.9 Å². The van der Waals surface area contributed by atoms with Gasteiger partial charge in [-0.15, -0.1) is 0 Å². The lowest BCUT2D eigenvalue weighted by Crippen LogP contribution is -2.38. The third-order valence-electron chi connectivity index (χ3n) is 5.53. The Balaban J connectivity index is 1.41. The van der Waals surface area contributed by atoms with E-state index in [-0.39, 0.29) is 23.8 Å². The summed E-state index contributed by atoms with van der Waals surface area (Å²) >= 11 is 0. The zero-order valence-electron chi connectivity index (χ0n) is 17.7. The first-order valence-electron chi connectivity index (χ1n) is 10.3. The first kappa shape index (κ1) is 22.0. The summed E-state index contributed by atoms with van der Waals surface area (Å²) in [6, 6.07) is 18.1. The molecule has 0 aliphatic heterocycles. The van der Waals surface area contributed by atoms with Crippen molar-refractivity contribution in [3.63, 3.8) is 0 Å². The average Bonchev–Trinajstić information content (AvgIpc) is 3.12. The fourth-order valence-corrected chi connectivity index (χ4v) is 3.84. The minimum atomic E-state index is -1.21. The molecule has 0 radical (unpaired) electrons. The highest BCUT2D eigenvalue weighted by Crippen LogP contribution is 2.44. The molecule has 1 atom stereocenters. The maximum absolute atomic E-state index is 14.4. The van der Waals surface area contributed by atoms with E-state index in [2.05, 4.69) is 10.6 Å². The summed E-state index contributed by atoms with van der Waals surface area (Å²) in [5.74, 6) is -2.93. The number of rotatable bonds is 6. The quantitative estimate of drug-likeness (QED) is 0.519. The normalized spacial score (nSPS) is 12.9. The summed E-state index contributed by atoms with van der Waals surface area (Å²) < 4.78 is 19.8. The van der Waals surface area contributed by atoms with Crippen LogP contribution in [0.3, 0.4) is 0 Å². The number of benzene rings is 3. The second-order valence-electron chi connectivity index (χ2n) is 7.68. The first-order valence-corrected chi connectivity index (χ1v) is 10.3. The molecule has 0 spiro atoms. The van der Waals surface area contributed by atoms with E-state index in [0.29, 0.717) is 0 Å². The van der Waals surface area contributed by atoms with Gasteiger partial charge in [-0.25, -0.2) is 9.18 Å². The third-order valence-corrected chi connectivity index (χ3v) is 5.53. The highest BCUT2D eigenvalue weighted by atomic mass is 19.1. The van der Waals surface area contributed by atoms with Gasteiger partial charge in [-0.1, -0.05) is 48.5 Å². The van der Waals surface area contributed by atoms with Gasteiger partial charge in [-0.3, -0.25) is 14.9 Å². The molecule has 0 heterocycles. The number of aliphatic carboxylic acids is 1. The van der Waals surface area contributed by atoms with Crippen molar-refractivity contribution in [3.8, 4) is 11.1 Å². The average molecular weight is 448 g/mol. The van der Waals surface area contributed by atoms with Gasteiger partial charge in [0.15, 0.2) is 0 Å². The van der Waals surface area contributed by atoms with E-state index in [1.807, 2.05) is 48.5 Å². The Labute approximate surface area is 189 Å². The Bertz CT molecular complexity index is 1200. The molecular weight excluding hydrogens is 427 g/mol. The molecule has 4 rings (SSSR count). The van der Waals surface area contributed by atoms with Gasteiger partial charge in [0.1, 0.15) is 18.5 Å². The molecule has 3 aromatic rings. The molecule has 8 heteroatoms. The standard InChI is InChI=1S/C25H21FN2O5/c1-14(24(30)31)27-23(29)15-10-11-22(21(26)12-15)28-25(32)33-13-20-18-8-4-2-6-16(18)17-7-3-5-9-19(17)20/h2-12,14,20H,13H2,1H3,(H,27,29)(H,28,32)(H,30,31)/t14-/m1/s1. The van der Waals surface area contributed by atoms with Crippen LogP contribution in [0, 0.1) is 5.82 Å². The number of halogens is 1. The first-order chi connectivity index (χ1) is 15.8. The number of carbonyl (C=O) groups is 3. The summed E-state index contributed by atoms with van der Waals surface area (Å²) in [6.07, 6.45) is -0.826. The zero-order chi connectivity index (χ0) is 23.5. The van der Waals surface area contributed by atoms with Crippen molar-refractivity contribution in [1.29, 1.82) is 0 Å². The van der Waals surface area contributed by atoms with Crippen molar-refractivity contribution >= 4 is 23.7 Å². The number of hydrogen-bond acceptors (Lipinski definition) is 4. The van der Waals surface area contributed by atoms with Gasteiger partial charge < -0.3 is 15.2 Å². The van der Waals surface area contributed by atoms with Gasteiger partial charge in [-0.2, -0.15) is 0 Å². The van der Waals surface area contributed by atoms with E-state index in [4.69, 9.17) is 9.84 Å². The number of nitrogens with one attached hydrogen (secondary N) is 2. The highest BCUT2D eigenvalue weighted by Gasteiger charge is 2.29. The summed E-state index contributed by atoms with van der Waals surface area (Å²) in [7, 11) is 0. The molecule has 0 saturated carbocycles. The summed E-state index contributed by atoms with van der Waals surface area (Å²) in [5, 5.41) is 13.4. The predicted molar refractivity (Wildman–Crippen MR) is 120 cm³/mol. The molecule has 0 fully saturated rings. The lowest BCUT2D eigenvalue weighted by Gasteiger charge is -2.15. The second-order valence-corrected chi connectivity index (χ2v) is 7.68. The maximum atomic E-state index is 14.4. The predicted octanol–water partition coefficient (Wildman–Crippen LogP) is 4.39. The molecule has 3 N–H and O–H groups in total. The molecule has 0 saturated heterocycles. The molecule has 3 aromatic carbocycles. The number of carboxylic acid groups (broad SMARTS) is 1. The third kappa shape index (κ3) is 4.55. The molecule has 168 valence electrons. The van der Waals surface area contributed by atoms with Gasteiger partial charge in [0.25, 0.3) is 5.91 Å². The molecule has 7 nitrogen and oxygen atoms in total. The number of ether oxygens (including phenoxy) is 1.